The number of rotatable bonds is 10. The predicted octanol–water partition coefficient (Wildman–Crippen LogP) is 35.8. The summed E-state index contributed by atoms with van der Waals surface area (Å²) in [5, 5.41) is 15.4. The van der Waals surface area contributed by atoms with Crippen LogP contribution in [0.4, 0.5) is 0 Å². The lowest BCUT2D eigenvalue weighted by Crippen LogP contribution is -2.43. The molecule has 10 heteroatoms. The van der Waals surface area contributed by atoms with Crippen molar-refractivity contribution in [3.8, 4) is 124 Å². The Balaban J connectivity index is 0.000000111. The first kappa shape index (κ1) is 90.9. The van der Waals surface area contributed by atoms with Crippen LogP contribution < -0.4 is 0 Å². The highest BCUT2D eigenvalue weighted by atomic mass is 15.1. The van der Waals surface area contributed by atoms with Crippen LogP contribution in [0.3, 0.4) is 0 Å². The van der Waals surface area contributed by atoms with Crippen molar-refractivity contribution in [2.24, 2.45) is 0 Å². The molecule has 3 aliphatic rings. The first-order chi connectivity index (χ1) is 73.0. The smallest absolute Gasteiger partial charge is 0.164 e. The molecule has 0 atom stereocenters. The van der Waals surface area contributed by atoms with Gasteiger partial charge in [-0.3, -0.25) is 0 Å². The summed E-state index contributed by atoms with van der Waals surface area (Å²) in [6, 6.07) is 162. The molecule has 26 aromatic rings. The van der Waals surface area contributed by atoms with Crippen molar-refractivity contribution in [1.82, 2.24) is 48.2 Å². The lowest BCUT2D eigenvalue weighted by molar-refractivity contribution is 0.299. The molecule has 10 nitrogen and oxygen atoms in total. The Bertz CT molecular complexity index is 9820. The molecule has 0 radical (unpaired) electrons. The van der Waals surface area contributed by atoms with Crippen LogP contribution in [0.15, 0.2) is 449 Å². The Morgan fingerprint density at radius 1 is 0.167 bits per heavy atom. The maximum Gasteiger partial charge on any atom is 0.164 e. The third-order valence-corrected chi connectivity index (χ3v) is 34.8. The molecule has 6 heterocycles. The van der Waals surface area contributed by atoms with E-state index >= 15 is 0 Å². The Morgan fingerprint density at radius 2 is 0.513 bits per heavy atom. The van der Waals surface area contributed by atoms with E-state index < -0.39 is 0 Å². The molecule has 150 heavy (non-hydrogen) atoms. The van der Waals surface area contributed by atoms with E-state index in [1.807, 2.05) is 97.1 Å². The Hall–Kier alpha value is -17.9. The van der Waals surface area contributed by atoms with Crippen LogP contribution in [-0.4, -0.2) is 48.2 Å². The highest BCUT2D eigenvalue weighted by Crippen LogP contribution is 2.62. The van der Waals surface area contributed by atoms with Crippen LogP contribution in [0, 0.1) is 0 Å². The largest absolute Gasteiger partial charge is 0.309 e. The number of hydrogen-bond acceptors (Lipinski definition) is 6. The summed E-state index contributed by atoms with van der Waals surface area (Å²) in [7, 11) is 0. The molecular weight excluding hydrogens is 1820 g/mol. The standard InChI is InChI=1S/2C49H38N4.C42H34N2/c1-48(2)39-25-14-13-24-37(39)38-27-29-41-43(44(38)49(48,3)4)42-36-23-12-11-16-31(36)26-28-40(42)53(41)35-22-15-21-34(30-35)47-51-45(32-17-7-5-8-18-32)50-46(52-47)33-19-9-6-10-20-33;1-48(2)40-30-29-38-37-21-13-14-22-41(37)53(44(38)42(40)39-28-25-31-15-11-12-20-36(31)43(39)49(48,3)4)35-26-23-34(24-27-35)47-51-45(32-16-7-5-8-17-32)50-46(52-47)33-18-9-6-10-19-33;1-41(2)35-17-9-5-13-29(35)33-25-34-32-16-8-12-20-39(32)44(40(34)26-36(33)42(41,3)4)28-23-21-27(22-24-28)43-37-18-10-6-14-30(37)31-15-7-11-19-38(31)43/h2*5-30H,1-4H3;5-26H,1-4H3. The molecular formula is C140H110N10. The van der Waals surface area contributed by atoms with Crippen molar-refractivity contribution in [2.75, 3.05) is 0 Å². The zero-order chi connectivity index (χ0) is 102. The van der Waals surface area contributed by atoms with E-state index in [1.165, 1.54) is 187 Å². The lowest BCUT2D eigenvalue weighted by atomic mass is 9.54. The van der Waals surface area contributed by atoms with E-state index in [2.05, 4.69) is 453 Å². The Labute approximate surface area is 873 Å². The predicted molar refractivity (Wildman–Crippen MR) is 626 cm³/mol. The average Bonchev–Trinajstić information content (AvgIpc) is 1.31. The van der Waals surface area contributed by atoms with Gasteiger partial charge < -0.3 is 18.3 Å². The van der Waals surface area contributed by atoms with Gasteiger partial charge >= 0.3 is 0 Å². The molecule has 29 rings (SSSR count). The van der Waals surface area contributed by atoms with Crippen LogP contribution >= 0.6 is 0 Å². The van der Waals surface area contributed by atoms with Crippen molar-refractivity contribution < 1.29 is 0 Å². The maximum atomic E-state index is 5.07. The van der Waals surface area contributed by atoms with Gasteiger partial charge in [0, 0.05) is 116 Å². The van der Waals surface area contributed by atoms with Crippen LogP contribution in [0.2, 0.25) is 0 Å². The summed E-state index contributed by atoms with van der Waals surface area (Å²) in [6.07, 6.45) is 0. The summed E-state index contributed by atoms with van der Waals surface area (Å²) in [4.78, 5) is 30.0. The molecule has 6 aromatic heterocycles. The molecule has 0 saturated carbocycles. The highest BCUT2D eigenvalue weighted by Gasteiger charge is 2.51. The Morgan fingerprint density at radius 3 is 1.04 bits per heavy atom. The monoisotopic (exact) mass is 1930 g/mol. The van der Waals surface area contributed by atoms with Gasteiger partial charge in [0.05, 0.1) is 44.1 Å². The van der Waals surface area contributed by atoms with Gasteiger partial charge in [0.25, 0.3) is 0 Å². The quantitative estimate of drug-likeness (QED) is 0.135. The van der Waals surface area contributed by atoms with E-state index in [-0.39, 0.29) is 32.5 Å². The topological polar surface area (TPSA) is 97.1 Å². The summed E-state index contributed by atoms with van der Waals surface area (Å²) >= 11 is 0. The van der Waals surface area contributed by atoms with Gasteiger partial charge in [0.1, 0.15) is 0 Å². The maximum absolute atomic E-state index is 5.07. The fraction of sp³-hybridized carbons (Fsp3) is 0.129. The van der Waals surface area contributed by atoms with E-state index in [1.54, 1.807) is 0 Å². The molecule has 0 bridgehead atoms. The van der Waals surface area contributed by atoms with Crippen LogP contribution in [0.25, 0.3) is 233 Å². The van der Waals surface area contributed by atoms with Crippen LogP contribution in [0.1, 0.15) is 116 Å². The molecule has 720 valence electrons. The van der Waals surface area contributed by atoms with Crippen molar-refractivity contribution in [3.05, 3.63) is 482 Å². The molecule has 0 N–H and O–H groups in total. The fourth-order valence-corrected chi connectivity index (χ4v) is 25.2. The third kappa shape index (κ3) is 13.9. The molecule has 0 aliphatic heterocycles. The van der Waals surface area contributed by atoms with Crippen LogP contribution in [0.5, 0.6) is 0 Å². The average molecular weight is 1930 g/mol. The fourth-order valence-electron chi connectivity index (χ4n) is 25.2. The van der Waals surface area contributed by atoms with E-state index in [0.717, 1.165) is 44.8 Å². The summed E-state index contributed by atoms with van der Waals surface area (Å²) in [5.41, 5.74) is 35.9. The summed E-state index contributed by atoms with van der Waals surface area (Å²) in [5.74, 6) is 3.91. The second kappa shape index (κ2) is 34.4. The van der Waals surface area contributed by atoms with Crippen LogP contribution in [-0.2, 0) is 32.5 Å². The molecule has 3 aliphatic carbocycles. The molecule has 0 unspecified atom stereocenters. The van der Waals surface area contributed by atoms with E-state index in [4.69, 9.17) is 29.9 Å². The van der Waals surface area contributed by atoms with E-state index in [9.17, 15) is 0 Å². The minimum absolute atomic E-state index is 0.00885. The van der Waals surface area contributed by atoms with Crippen molar-refractivity contribution in [2.45, 2.75) is 116 Å². The number of para-hydroxylation sites is 4. The van der Waals surface area contributed by atoms with Gasteiger partial charge in [-0.1, -0.05) is 423 Å². The van der Waals surface area contributed by atoms with Gasteiger partial charge in [-0.25, -0.2) is 29.9 Å². The number of fused-ring (bicyclic) bond motifs is 27. The Kier molecular flexibility index (Phi) is 20.8. The second-order valence-electron chi connectivity index (χ2n) is 44.0. The molecule has 0 spiro atoms. The van der Waals surface area contributed by atoms with E-state index in [0.29, 0.717) is 34.9 Å². The first-order valence-electron chi connectivity index (χ1n) is 52.4. The summed E-state index contributed by atoms with van der Waals surface area (Å²) < 4.78 is 9.77. The van der Waals surface area contributed by atoms with Crippen molar-refractivity contribution in [3.63, 3.8) is 0 Å². The van der Waals surface area contributed by atoms with Gasteiger partial charge in [-0.05, 0) is 214 Å². The minimum atomic E-state index is -0.166. The highest BCUT2D eigenvalue weighted by molar-refractivity contribution is 6.24. The number of benzene rings is 20. The zero-order valence-electron chi connectivity index (χ0n) is 86.2. The second-order valence-corrected chi connectivity index (χ2v) is 44.0. The van der Waals surface area contributed by atoms with Gasteiger partial charge in [0.15, 0.2) is 34.9 Å². The van der Waals surface area contributed by atoms with Gasteiger partial charge in [-0.2, -0.15) is 0 Å². The minimum Gasteiger partial charge on any atom is -0.309 e. The lowest BCUT2D eigenvalue weighted by Gasteiger charge is -2.49. The number of aromatic nitrogens is 10. The third-order valence-electron chi connectivity index (χ3n) is 34.8. The summed E-state index contributed by atoms with van der Waals surface area (Å²) in [6.45, 7) is 29.0. The normalized spacial score (nSPS) is 14.6. The molecule has 0 saturated heterocycles. The van der Waals surface area contributed by atoms with Gasteiger partial charge in [-0.15, -0.1) is 0 Å². The molecule has 20 aromatic carbocycles. The van der Waals surface area contributed by atoms with Crippen molar-refractivity contribution >= 4 is 109 Å². The molecule has 0 amide bonds. The zero-order valence-corrected chi connectivity index (χ0v) is 86.2. The number of hydrogen-bond donors (Lipinski definition) is 0. The van der Waals surface area contributed by atoms with Gasteiger partial charge in [0.2, 0.25) is 0 Å². The van der Waals surface area contributed by atoms with Crippen molar-refractivity contribution in [1.29, 1.82) is 0 Å². The number of nitrogens with zero attached hydrogens (tertiary/aromatic N) is 10. The molecule has 0 fully saturated rings. The SMILES string of the molecule is CC1(C)c2ccc3c4ccccc4n(-c4ccc(-c5nc(-c6ccccc6)nc(-c6ccccc6)n5)cc4)c3c2-c2ccc3ccccc3c2C1(C)C.CC1(C)c2ccccc2-c2cc3c4ccccc4n(-c4ccc(-n5c6ccccc6c6ccccc65)cc4)c3cc2C1(C)C.CC1(C)c2ccccc2-c2ccc3c(c2C1(C)C)c1c2ccccc2ccc1n3-c1cccc(-c2nc(-c3ccccc3)nc(-c3ccccc3)n2)c1. The first-order valence-corrected chi connectivity index (χ1v) is 52.4.